The number of hydrogen-bond donors (Lipinski definition) is 0. The number of aromatic nitrogens is 4. The summed E-state index contributed by atoms with van der Waals surface area (Å²) in [5.74, 6) is 1.86. The molecule has 2 aromatic heterocycles. The summed E-state index contributed by atoms with van der Waals surface area (Å²) < 4.78 is 2.39. The van der Waals surface area contributed by atoms with Gasteiger partial charge < -0.3 is 14.4 Å². The lowest BCUT2D eigenvalue weighted by molar-refractivity contribution is 1.07. The van der Waals surface area contributed by atoms with E-state index >= 15 is 0 Å². The minimum atomic E-state index is -0.139. The number of benzene rings is 14. The molecule has 0 unspecified atom stereocenters. The van der Waals surface area contributed by atoms with E-state index in [0.29, 0.717) is 17.5 Å². The van der Waals surface area contributed by atoms with E-state index in [1.165, 1.54) is 60.9 Å². The Labute approximate surface area is 546 Å². The van der Waals surface area contributed by atoms with Gasteiger partial charge in [-0.3, -0.25) is 0 Å². The fourth-order valence-electron chi connectivity index (χ4n) is 14.4. The first-order valence-corrected chi connectivity index (χ1v) is 32.1. The third-order valence-electron chi connectivity index (χ3n) is 18.8. The van der Waals surface area contributed by atoms with E-state index in [-0.39, 0.29) is 6.71 Å². The van der Waals surface area contributed by atoms with Gasteiger partial charge in [0.15, 0.2) is 17.5 Å². The van der Waals surface area contributed by atoms with Crippen molar-refractivity contribution in [1.82, 2.24) is 19.5 Å². The van der Waals surface area contributed by atoms with Crippen LogP contribution in [0.25, 0.3) is 117 Å². The molecule has 2 aliphatic heterocycles. The van der Waals surface area contributed by atoms with Crippen molar-refractivity contribution >= 4 is 79.0 Å². The molecule has 438 valence electrons. The zero-order valence-corrected chi connectivity index (χ0v) is 51.2. The second kappa shape index (κ2) is 22.8. The van der Waals surface area contributed by atoms with Gasteiger partial charge >= 0.3 is 0 Å². The van der Waals surface area contributed by atoms with Gasteiger partial charge in [-0.1, -0.05) is 267 Å². The lowest BCUT2D eigenvalue weighted by Crippen LogP contribution is -2.61. The van der Waals surface area contributed by atoms with Crippen LogP contribution in [0.2, 0.25) is 0 Å². The number of hydrogen-bond acceptors (Lipinski definition) is 5. The van der Waals surface area contributed by atoms with Crippen LogP contribution >= 0.6 is 0 Å². The van der Waals surface area contributed by atoms with E-state index in [1.807, 2.05) is 36.4 Å². The van der Waals surface area contributed by atoms with Gasteiger partial charge in [0.05, 0.1) is 11.0 Å². The van der Waals surface area contributed by atoms with Gasteiger partial charge in [0.2, 0.25) is 0 Å². The number of nitrogens with zero attached hydrogens (tertiary/aromatic N) is 6. The molecule has 6 nitrogen and oxygen atoms in total. The Hall–Kier alpha value is -12.4. The van der Waals surface area contributed by atoms with Crippen molar-refractivity contribution in [3.05, 3.63) is 346 Å². The topological polar surface area (TPSA) is 50.1 Å². The van der Waals surface area contributed by atoms with Crippen molar-refractivity contribution in [1.29, 1.82) is 0 Å². The monoisotopic (exact) mass is 1200 g/mol. The molecule has 0 amide bonds. The van der Waals surface area contributed by atoms with Gasteiger partial charge in [-0.25, -0.2) is 15.0 Å². The summed E-state index contributed by atoms with van der Waals surface area (Å²) in [6, 6.07) is 125. The average molecular weight is 1200 g/mol. The van der Waals surface area contributed by atoms with Crippen LogP contribution in [0.1, 0.15) is 0 Å². The van der Waals surface area contributed by atoms with Crippen molar-refractivity contribution in [2.75, 3.05) is 9.80 Å². The third kappa shape index (κ3) is 9.48. The highest BCUT2D eigenvalue weighted by Crippen LogP contribution is 2.48. The van der Waals surface area contributed by atoms with Gasteiger partial charge in [0.1, 0.15) is 0 Å². The minimum absolute atomic E-state index is 0.139. The standard InChI is InChI=1S/C87H57BN6/c1-7-22-58(23-8-1)62-38-45-71(46-39-62)92-80-50-43-67(60-26-11-3-12-27-60)54-76(80)88-77-55-68(61-28-13-4-14-29-61)44-51-81(77)93(72-47-40-63(41-48-72)59-24-9-2-10-25-59)83-57-70(56-82(92)84(83)88)66-42-49-79-75(53-66)74-36-19-20-37-78(74)94(79)73-35-21-34-69(52-73)87-90-85(64-30-15-5-16-31-64)89-86(91-87)65-32-17-6-18-33-65/h1-57H. The molecule has 0 radical (unpaired) electrons. The average Bonchev–Trinajstić information content (AvgIpc) is 0.791. The summed E-state index contributed by atoms with van der Waals surface area (Å²) in [6.07, 6.45) is 0. The number of rotatable bonds is 11. The first-order chi connectivity index (χ1) is 46.6. The molecule has 0 atom stereocenters. The molecule has 0 N–H and O–H groups in total. The summed E-state index contributed by atoms with van der Waals surface area (Å²) in [5, 5.41) is 2.31. The van der Waals surface area contributed by atoms with E-state index < -0.39 is 0 Å². The molecular weight excluding hydrogens is 1140 g/mol. The molecular formula is C87H57BN6. The largest absolute Gasteiger partial charge is 0.311 e. The molecule has 0 spiro atoms. The molecule has 16 aromatic rings. The van der Waals surface area contributed by atoms with Gasteiger partial charge in [0.25, 0.3) is 6.71 Å². The Bertz CT molecular complexity index is 5270. The Morgan fingerprint density at radius 2 is 0.574 bits per heavy atom. The molecule has 94 heavy (non-hydrogen) atoms. The SMILES string of the molecule is c1ccc(-c2ccc(N3c4ccc(-c5ccccc5)cc4B4c5cc(-c6ccccc6)ccc5N(c5ccc(-c6ccccc6)cc5)c5cc(-c6ccc7c(c6)c6ccccc6n7-c6cccc(-c7nc(-c8ccccc8)nc(-c8ccccc8)n7)c6)cc3c54)cc2)cc1. The van der Waals surface area contributed by atoms with Crippen LogP contribution < -0.4 is 26.2 Å². The molecule has 0 fully saturated rings. The lowest BCUT2D eigenvalue weighted by Gasteiger charge is -2.44. The van der Waals surface area contributed by atoms with Gasteiger partial charge in [0, 0.05) is 67.3 Å². The van der Waals surface area contributed by atoms with E-state index in [4.69, 9.17) is 15.0 Å². The van der Waals surface area contributed by atoms with Crippen molar-refractivity contribution in [2.24, 2.45) is 0 Å². The normalized spacial score (nSPS) is 12.2. The van der Waals surface area contributed by atoms with E-state index in [0.717, 1.165) is 89.4 Å². The van der Waals surface area contributed by atoms with E-state index in [2.05, 4.69) is 324 Å². The number of para-hydroxylation sites is 1. The molecule has 0 saturated heterocycles. The maximum atomic E-state index is 5.15. The molecule has 0 bridgehead atoms. The molecule has 4 heterocycles. The second-order valence-electron chi connectivity index (χ2n) is 24.3. The fourth-order valence-corrected chi connectivity index (χ4v) is 14.4. The van der Waals surface area contributed by atoms with E-state index in [9.17, 15) is 0 Å². The Balaban J connectivity index is 0.857. The highest BCUT2D eigenvalue weighted by molar-refractivity contribution is 7.00. The number of fused-ring (bicyclic) bond motifs is 7. The Kier molecular flexibility index (Phi) is 13.2. The number of anilines is 6. The quantitative estimate of drug-likeness (QED) is 0.121. The smallest absolute Gasteiger partial charge is 0.252 e. The molecule has 14 aromatic carbocycles. The first kappa shape index (κ1) is 54.5. The maximum absolute atomic E-state index is 5.15. The van der Waals surface area contributed by atoms with Crippen LogP contribution in [-0.4, -0.2) is 26.2 Å². The summed E-state index contributed by atoms with van der Waals surface area (Å²) in [6.45, 7) is -0.139. The first-order valence-electron chi connectivity index (χ1n) is 32.1. The summed E-state index contributed by atoms with van der Waals surface area (Å²) in [5.41, 5.74) is 28.1. The minimum Gasteiger partial charge on any atom is -0.311 e. The van der Waals surface area contributed by atoms with Crippen LogP contribution in [0.3, 0.4) is 0 Å². The molecule has 0 aliphatic carbocycles. The van der Waals surface area contributed by atoms with E-state index in [1.54, 1.807) is 0 Å². The molecule has 7 heteroatoms. The van der Waals surface area contributed by atoms with Crippen LogP contribution in [-0.2, 0) is 0 Å². The molecule has 2 aliphatic rings. The predicted octanol–water partition coefficient (Wildman–Crippen LogP) is 20.4. The zero-order valence-electron chi connectivity index (χ0n) is 51.2. The third-order valence-corrected chi connectivity index (χ3v) is 18.8. The highest BCUT2D eigenvalue weighted by Gasteiger charge is 2.44. The van der Waals surface area contributed by atoms with Crippen LogP contribution in [0.15, 0.2) is 346 Å². The van der Waals surface area contributed by atoms with Gasteiger partial charge in [-0.05, 0) is 151 Å². The predicted molar refractivity (Wildman–Crippen MR) is 392 cm³/mol. The van der Waals surface area contributed by atoms with Crippen molar-refractivity contribution < 1.29 is 0 Å². The van der Waals surface area contributed by atoms with Crippen molar-refractivity contribution in [2.45, 2.75) is 0 Å². The summed E-state index contributed by atoms with van der Waals surface area (Å²) in [7, 11) is 0. The van der Waals surface area contributed by atoms with Crippen LogP contribution in [0, 0.1) is 0 Å². The highest BCUT2D eigenvalue weighted by atomic mass is 15.2. The summed E-state index contributed by atoms with van der Waals surface area (Å²) in [4.78, 5) is 20.4. The Morgan fingerprint density at radius 1 is 0.213 bits per heavy atom. The summed E-state index contributed by atoms with van der Waals surface area (Å²) >= 11 is 0. The fraction of sp³-hybridized carbons (Fsp3) is 0. The van der Waals surface area contributed by atoms with Gasteiger partial charge in [-0.15, -0.1) is 0 Å². The van der Waals surface area contributed by atoms with Crippen LogP contribution in [0.4, 0.5) is 34.1 Å². The zero-order chi connectivity index (χ0) is 62.1. The van der Waals surface area contributed by atoms with Crippen LogP contribution in [0.5, 0.6) is 0 Å². The Morgan fingerprint density at radius 3 is 1.05 bits per heavy atom. The van der Waals surface area contributed by atoms with Gasteiger partial charge in [-0.2, -0.15) is 0 Å². The lowest BCUT2D eigenvalue weighted by atomic mass is 9.33. The van der Waals surface area contributed by atoms with Crippen molar-refractivity contribution in [3.8, 4) is 95.5 Å². The molecule has 0 saturated carbocycles. The van der Waals surface area contributed by atoms with Crippen molar-refractivity contribution in [3.63, 3.8) is 0 Å². The maximum Gasteiger partial charge on any atom is 0.252 e. The second-order valence-corrected chi connectivity index (χ2v) is 24.3. The molecule has 18 rings (SSSR count).